The van der Waals surface area contributed by atoms with E-state index < -0.39 is 0 Å². The summed E-state index contributed by atoms with van der Waals surface area (Å²) in [6.07, 6.45) is 3.28. The van der Waals surface area contributed by atoms with Crippen molar-refractivity contribution < 1.29 is 31.1 Å². The van der Waals surface area contributed by atoms with Crippen LogP contribution in [0.15, 0.2) is 12.7 Å². The second-order valence-corrected chi connectivity index (χ2v) is 6.96. The van der Waals surface area contributed by atoms with Gasteiger partial charge in [-0.05, 0) is 0 Å². The van der Waals surface area contributed by atoms with Gasteiger partial charge in [-0.3, -0.25) is 9.59 Å². The van der Waals surface area contributed by atoms with Gasteiger partial charge >= 0.3 is 0 Å². The summed E-state index contributed by atoms with van der Waals surface area (Å²) < 4.78 is 3.28. The van der Waals surface area contributed by atoms with Crippen LogP contribution in [0.25, 0.3) is 0 Å². The van der Waals surface area contributed by atoms with Crippen LogP contribution in [0.4, 0.5) is 0 Å². The fourth-order valence-corrected chi connectivity index (χ4v) is 1.31. The molecule has 114 valence electrons. The van der Waals surface area contributed by atoms with E-state index in [9.17, 15) is 9.59 Å². The summed E-state index contributed by atoms with van der Waals surface area (Å²) in [4.78, 5) is 23.8. The van der Waals surface area contributed by atoms with E-state index in [1.165, 1.54) is 0 Å². The lowest BCUT2D eigenvalue weighted by Gasteiger charge is -2.14. The Morgan fingerprint density at radius 3 is 2.00 bits per heavy atom. The molecule has 0 atom stereocenters. The van der Waals surface area contributed by atoms with E-state index in [1.807, 2.05) is 41.5 Å². The molecule has 0 aromatic carbocycles. The third-order valence-electron chi connectivity index (χ3n) is 2.93. The van der Waals surface area contributed by atoms with Crippen molar-refractivity contribution in [2.45, 2.75) is 54.6 Å². The van der Waals surface area contributed by atoms with Crippen molar-refractivity contribution in [2.75, 3.05) is 0 Å². The smallest absolute Gasteiger partial charge is 0.265 e. The summed E-state index contributed by atoms with van der Waals surface area (Å²) >= 11 is 0. The highest BCUT2D eigenvalue weighted by molar-refractivity contribution is 5.83. The van der Waals surface area contributed by atoms with Crippen LogP contribution in [-0.4, -0.2) is 21.3 Å². The lowest BCUT2D eigenvalue weighted by atomic mass is 9.91. The molecule has 0 aliphatic carbocycles. The molecule has 0 unspecified atom stereocenters. The van der Waals surface area contributed by atoms with E-state index in [2.05, 4.69) is 5.10 Å². The molecule has 1 heterocycles. The molecule has 1 rings (SSSR count). The van der Waals surface area contributed by atoms with Crippen molar-refractivity contribution in [3.8, 4) is 0 Å². The Bertz CT molecular complexity index is 439. The molecular weight excluding hydrogens is 322 g/mol. The van der Waals surface area contributed by atoms with E-state index in [0.717, 1.165) is 0 Å². The van der Waals surface area contributed by atoms with E-state index in [1.54, 1.807) is 21.9 Å². The summed E-state index contributed by atoms with van der Waals surface area (Å²) in [6.45, 7) is 11.9. The Kier molecular flexibility index (Phi) is 6.26. The number of carbonyl (C=O) groups is 2. The minimum Gasteiger partial charge on any atom is -1.00 e. The quantitative estimate of drug-likeness (QED) is 0.618. The van der Waals surface area contributed by atoms with Crippen LogP contribution in [0.2, 0.25) is 0 Å². The van der Waals surface area contributed by atoms with E-state index >= 15 is 0 Å². The topological polar surface area (TPSA) is 55.8 Å². The minimum absolute atomic E-state index is 0. The van der Waals surface area contributed by atoms with Gasteiger partial charge in [0, 0.05) is 15.9 Å². The standard InChI is InChI=1S/C14H24N3O2.BrH/c1-13(2,3)11(18)7-16-9-15-17(10-16)8-12(19)14(4,5)6;/h9-10H,7-8H2,1-6H3;1H/q+1;/p-1. The van der Waals surface area contributed by atoms with Crippen molar-refractivity contribution in [1.29, 1.82) is 0 Å². The summed E-state index contributed by atoms with van der Waals surface area (Å²) in [6, 6.07) is 0. The normalized spacial score (nSPS) is 11.9. The van der Waals surface area contributed by atoms with Crippen molar-refractivity contribution in [1.82, 2.24) is 9.78 Å². The first-order chi connectivity index (χ1) is 8.50. The first-order valence-electron chi connectivity index (χ1n) is 6.48. The SMILES string of the molecule is CC(C)(C)C(=O)Cn1c[n+](CC(=O)C(C)(C)C)cn1.[Br-]. The van der Waals surface area contributed by atoms with Gasteiger partial charge in [0.15, 0.2) is 18.1 Å². The molecular formula is C14H24BrN3O2. The largest absolute Gasteiger partial charge is 1.00 e. The van der Waals surface area contributed by atoms with Crippen molar-refractivity contribution >= 4 is 11.6 Å². The van der Waals surface area contributed by atoms with Gasteiger partial charge in [0.1, 0.15) is 6.54 Å². The average molecular weight is 346 g/mol. The molecule has 0 saturated carbocycles. The Balaban J connectivity index is 0.00000361. The van der Waals surface area contributed by atoms with Gasteiger partial charge < -0.3 is 17.0 Å². The molecule has 0 spiro atoms. The number of ketones is 2. The van der Waals surface area contributed by atoms with Crippen molar-refractivity contribution in [3.63, 3.8) is 0 Å². The Labute approximate surface area is 131 Å². The van der Waals surface area contributed by atoms with Crippen LogP contribution < -0.4 is 21.5 Å². The molecule has 0 aliphatic rings. The summed E-state index contributed by atoms with van der Waals surface area (Å²) in [5.41, 5.74) is -0.742. The Hall–Kier alpha value is -1.04. The van der Waals surface area contributed by atoms with Crippen molar-refractivity contribution in [2.24, 2.45) is 10.8 Å². The van der Waals surface area contributed by atoms with Crippen LogP contribution in [0.3, 0.4) is 0 Å². The molecule has 5 nitrogen and oxygen atoms in total. The van der Waals surface area contributed by atoms with Gasteiger partial charge in [0.2, 0.25) is 6.33 Å². The van der Waals surface area contributed by atoms with Gasteiger partial charge in [-0.2, -0.15) is 0 Å². The summed E-state index contributed by atoms with van der Waals surface area (Å²) in [5, 5.41) is 4.11. The predicted molar refractivity (Wildman–Crippen MR) is 71.3 cm³/mol. The molecule has 0 bridgehead atoms. The number of nitrogens with zero attached hydrogens (tertiary/aromatic N) is 3. The average Bonchev–Trinajstić information content (AvgIpc) is 2.62. The third-order valence-corrected chi connectivity index (χ3v) is 2.93. The third kappa shape index (κ3) is 5.53. The maximum absolute atomic E-state index is 11.9. The molecule has 0 radical (unpaired) electrons. The second kappa shape index (κ2) is 6.61. The zero-order valence-corrected chi connectivity index (χ0v) is 14.7. The number of carbonyl (C=O) groups excluding carboxylic acids is 2. The molecule has 0 aliphatic heterocycles. The van der Waals surface area contributed by atoms with Crippen LogP contribution in [0.5, 0.6) is 0 Å². The summed E-state index contributed by atoms with van der Waals surface area (Å²) in [7, 11) is 0. The van der Waals surface area contributed by atoms with Gasteiger partial charge in [0.05, 0.1) is 0 Å². The zero-order chi connectivity index (χ0) is 14.8. The monoisotopic (exact) mass is 345 g/mol. The lowest BCUT2D eigenvalue weighted by Crippen LogP contribution is -3.00. The molecule has 1 aromatic rings. The molecule has 0 N–H and O–H groups in total. The number of hydrogen-bond donors (Lipinski definition) is 0. The van der Waals surface area contributed by atoms with Crippen LogP contribution >= 0.6 is 0 Å². The number of Topliss-reactive ketones (excluding diaryl/α,β-unsaturated/α-hetero) is 2. The van der Waals surface area contributed by atoms with Gasteiger partial charge in [-0.1, -0.05) is 41.5 Å². The molecule has 0 fully saturated rings. The molecule has 20 heavy (non-hydrogen) atoms. The fourth-order valence-electron chi connectivity index (χ4n) is 1.31. The summed E-state index contributed by atoms with van der Waals surface area (Å²) in [5.74, 6) is 0.254. The highest BCUT2D eigenvalue weighted by Crippen LogP contribution is 2.15. The maximum Gasteiger partial charge on any atom is 0.265 e. The Morgan fingerprint density at radius 2 is 1.55 bits per heavy atom. The molecule has 6 heteroatoms. The number of hydrogen-bond acceptors (Lipinski definition) is 3. The first kappa shape index (κ1) is 19.0. The highest BCUT2D eigenvalue weighted by atomic mass is 79.9. The van der Waals surface area contributed by atoms with Gasteiger partial charge in [-0.15, -0.1) is 4.68 Å². The first-order valence-corrected chi connectivity index (χ1v) is 6.48. The second-order valence-electron chi connectivity index (χ2n) is 6.96. The molecule has 0 saturated heterocycles. The van der Waals surface area contributed by atoms with Crippen LogP contribution in [0, 0.1) is 10.8 Å². The van der Waals surface area contributed by atoms with Crippen LogP contribution in [0.1, 0.15) is 41.5 Å². The number of rotatable bonds is 4. The van der Waals surface area contributed by atoms with E-state index in [0.29, 0.717) is 0 Å². The highest BCUT2D eigenvalue weighted by Gasteiger charge is 2.26. The maximum atomic E-state index is 11.9. The fraction of sp³-hybridized carbons (Fsp3) is 0.714. The Morgan fingerprint density at radius 1 is 1.05 bits per heavy atom. The minimum atomic E-state index is -0.377. The van der Waals surface area contributed by atoms with E-state index in [-0.39, 0.29) is 52.5 Å². The molecule has 1 aromatic heterocycles. The van der Waals surface area contributed by atoms with E-state index in [4.69, 9.17) is 0 Å². The molecule has 0 amide bonds. The zero-order valence-electron chi connectivity index (χ0n) is 13.1. The van der Waals surface area contributed by atoms with Crippen molar-refractivity contribution in [3.05, 3.63) is 12.7 Å². The number of halogens is 1. The number of aromatic nitrogens is 3. The van der Waals surface area contributed by atoms with Gasteiger partial charge in [0.25, 0.3) is 6.33 Å². The van der Waals surface area contributed by atoms with Gasteiger partial charge in [-0.25, -0.2) is 4.57 Å². The van der Waals surface area contributed by atoms with Crippen LogP contribution in [-0.2, 0) is 22.7 Å². The lowest BCUT2D eigenvalue weighted by molar-refractivity contribution is -0.685. The predicted octanol–water partition coefficient (Wildman–Crippen LogP) is -1.59.